The standard InChI is InChI=1S/C11H18NO/c1-8-3-2-6-12-10(9-4-5-9)7-13-11(8)12/h8-10H,2-7H2,1H3/q+1. The number of hydrogen-bond donors (Lipinski definition) is 0. The van der Waals surface area contributed by atoms with Gasteiger partial charge in [0.25, 0.3) is 0 Å². The lowest BCUT2D eigenvalue weighted by molar-refractivity contribution is -0.566. The summed E-state index contributed by atoms with van der Waals surface area (Å²) in [4.78, 5) is 0. The molecule has 0 N–H and O–H groups in total. The largest absolute Gasteiger partial charge is 0.441 e. The van der Waals surface area contributed by atoms with E-state index in [1.54, 1.807) is 0 Å². The number of nitrogens with zero attached hydrogens (tertiary/aromatic N) is 1. The first-order chi connectivity index (χ1) is 6.36. The van der Waals surface area contributed by atoms with E-state index in [9.17, 15) is 0 Å². The summed E-state index contributed by atoms with van der Waals surface area (Å²) in [6, 6.07) is 0.748. The van der Waals surface area contributed by atoms with Crippen LogP contribution in [0.5, 0.6) is 0 Å². The minimum Gasteiger partial charge on any atom is -0.441 e. The minimum absolute atomic E-state index is 0.678. The molecule has 0 bridgehead atoms. The van der Waals surface area contributed by atoms with Crippen LogP contribution in [0.3, 0.4) is 0 Å². The van der Waals surface area contributed by atoms with Crippen LogP contribution in [0.2, 0.25) is 0 Å². The molecule has 1 saturated carbocycles. The molecule has 0 aromatic heterocycles. The predicted molar refractivity (Wildman–Crippen MR) is 51.0 cm³/mol. The van der Waals surface area contributed by atoms with Gasteiger partial charge in [0, 0.05) is 12.3 Å². The van der Waals surface area contributed by atoms with Gasteiger partial charge in [0.15, 0.2) is 12.6 Å². The van der Waals surface area contributed by atoms with Crippen molar-refractivity contribution in [2.24, 2.45) is 11.8 Å². The lowest BCUT2D eigenvalue weighted by atomic mass is 10.0. The van der Waals surface area contributed by atoms with Gasteiger partial charge in [0.2, 0.25) is 0 Å². The molecule has 2 unspecified atom stereocenters. The Morgan fingerprint density at radius 1 is 1.31 bits per heavy atom. The second kappa shape index (κ2) is 2.73. The minimum atomic E-state index is 0.678. The van der Waals surface area contributed by atoms with E-state index in [2.05, 4.69) is 11.5 Å². The first-order valence-corrected chi connectivity index (χ1v) is 5.62. The molecule has 13 heavy (non-hydrogen) atoms. The first kappa shape index (κ1) is 7.84. The molecule has 0 aromatic rings. The van der Waals surface area contributed by atoms with Crippen LogP contribution >= 0.6 is 0 Å². The molecule has 72 valence electrons. The second-order valence-electron chi connectivity index (χ2n) is 4.79. The number of ether oxygens (including phenoxy) is 1. The van der Waals surface area contributed by atoms with E-state index in [1.807, 2.05) is 0 Å². The van der Waals surface area contributed by atoms with Gasteiger partial charge in [0.1, 0.15) is 6.54 Å². The van der Waals surface area contributed by atoms with Crippen molar-refractivity contribution in [1.82, 2.24) is 0 Å². The molecule has 2 aliphatic heterocycles. The summed E-state index contributed by atoms with van der Waals surface area (Å²) in [5, 5.41) is 0. The van der Waals surface area contributed by atoms with Crippen molar-refractivity contribution in [3.05, 3.63) is 0 Å². The molecule has 1 fully saturated rings. The van der Waals surface area contributed by atoms with Gasteiger partial charge in [-0.05, 0) is 26.2 Å². The second-order valence-corrected chi connectivity index (χ2v) is 4.79. The van der Waals surface area contributed by atoms with Crippen LogP contribution in [-0.4, -0.2) is 29.7 Å². The Balaban J connectivity index is 1.87. The predicted octanol–water partition coefficient (Wildman–Crippen LogP) is 1.64. The Morgan fingerprint density at radius 3 is 2.92 bits per heavy atom. The first-order valence-electron chi connectivity index (χ1n) is 5.62. The summed E-state index contributed by atoms with van der Waals surface area (Å²) in [5.74, 6) is 2.95. The third-order valence-electron chi connectivity index (χ3n) is 3.71. The van der Waals surface area contributed by atoms with Crippen molar-refractivity contribution in [3.63, 3.8) is 0 Å². The molecular weight excluding hydrogens is 162 g/mol. The Bertz CT molecular complexity index is 255. The van der Waals surface area contributed by atoms with Crippen LogP contribution in [0.15, 0.2) is 0 Å². The van der Waals surface area contributed by atoms with Gasteiger partial charge in [-0.3, -0.25) is 0 Å². The zero-order chi connectivity index (χ0) is 8.84. The highest BCUT2D eigenvalue weighted by Crippen LogP contribution is 2.37. The molecule has 2 heterocycles. The van der Waals surface area contributed by atoms with Gasteiger partial charge < -0.3 is 4.74 Å². The molecular formula is C11H18NO+. The molecule has 2 atom stereocenters. The van der Waals surface area contributed by atoms with Crippen molar-refractivity contribution < 1.29 is 9.31 Å². The average molecular weight is 180 g/mol. The van der Waals surface area contributed by atoms with Gasteiger partial charge in [-0.15, -0.1) is 0 Å². The normalized spacial score (nSPS) is 38.8. The molecule has 0 saturated heterocycles. The molecule has 3 rings (SSSR count). The maximum absolute atomic E-state index is 5.83. The Hall–Kier alpha value is -0.530. The SMILES string of the molecule is CC1CCC[N+]2=C1OCC2C1CC1. The van der Waals surface area contributed by atoms with E-state index < -0.39 is 0 Å². The third-order valence-corrected chi connectivity index (χ3v) is 3.71. The Kier molecular flexibility index (Phi) is 1.64. The molecule has 0 amide bonds. The number of hydrogen-bond acceptors (Lipinski definition) is 1. The van der Waals surface area contributed by atoms with E-state index in [1.165, 1.54) is 38.1 Å². The van der Waals surface area contributed by atoms with Crippen molar-refractivity contribution in [3.8, 4) is 0 Å². The van der Waals surface area contributed by atoms with E-state index in [0.29, 0.717) is 5.92 Å². The Morgan fingerprint density at radius 2 is 2.15 bits per heavy atom. The summed E-state index contributed by atoms with van der Waals surface area (Å²) >= 11 is 0. The summed E-state index contributed by atoms with van der Waals surface area (Å²) in [7, 11) is 0. The van der Waals surface area contributed by atoms with Crippen LogP contribution in [0.25, 0.3) is 0 Å². The topological polar surface area (TPSA) is 12.2 Å². The molecule has 0 aromatic carbocycles. The lowest BCUT2D eigenvalue weighted by Crippen LogP contribution is -2.34. The van der Waals surface area contributed by atoms with Crippen LogP contribution in [0.1, 0.15) is 32.6 Å². The highest BCUT2D eigenvalue weighted by Gasteiger charge is 2.47. The third kappa shape index (κ3) is 1.18. The molecule has 2 heteroatoms. The number of rotatable bonds is 1. The summed E-state index contributed by atoms with van der Waals surface area (Å²) in [5.41, 5.74) is 0. The van der Waals surface area contributed by atoms with Crippen LogP contribution < -0.4 is 0 Å². The van der Waals surface area contributed by atoms with Gasteiger partial charge in [-0.2, -0.15) is 4.58 Å². The highest BCUT2D eigenvalue weighted by atomic mass is 16.5. The van der Waals surface area contributed by atoms with E-state index >= 15 is 0 Å². The molecule has 0 spiro atoms. The van der Waals surface area contributed by atoms with Crippen LogP contribution in [-0.2, 0) is 4.74 Å². The average Bonchev–Trinajstić information content (AvgIpc) is 2.87. The van der Waals surface area contributed by atoms with Crippen molar-refractivity contribution in [1.29, 1.82) is 0 Å². The monoisotopic (exact) mass is 180 g/mol. The fourth-order valence-electron chi connectivity index (χ4n) is 2.77. The quantitative estimate of drug-likeness (QED) is 0.559. The molecule has 0 radical (unpaired) electrons. The molecule has 3 aliphatic rings. The van der Waals surface area contributed by atoms with E-state index in [4.69, 9.17) is 4.74 Å². The van der Waals surface area contributed by atoms with Crippen molar-refractivity contribution >= 4 is 5.90 Å². The van der Waals surface area contributed by atoms with Crippen molar-refractivity contribution in [2.45, 2.75) is 38.6 Å². The van der Waals surface area contributed by atoms with Crippen molar-refractivity contribution in [2.75, 3.05) is 13.2 Å². The Labute approximate surface area is 79.6 Å². The van der Waals surface area contributed by atoms with Crippen LogP contribution in [0, 0.1) is 11.8 Å². The van der Waals surface area contributed by atoms with E-state index in [0.717, 1.165) is 18.6 Å². The summed E-state index contributed by atoms with van der Waals surface area (Å²) < 4.78 is 8.39. The van der Waals surface area contributed by atoms with Gasteiger partial charge in [-0.25, -0.2) is 0 Å². The fraction of sp³-hybridized carbons (Fsp3) is 0.909. The smallest absolute Gasteiger partial charge is 0.339 e. The maximum Gasteiger partial charge on any atom is 0.339 e. The van der Waals surface area contributed by atoms with Gasteiger partial charge >= 0.3 is 5.90 Å². The zero-order valence-corrected chi connectivity index (χ0v) is 8.33. The summed E-state index contributed by atoms with van der Waals surface area (Å²) in [6.45, 7) is 4.53. The van der Waals surface area contributed by atoms with Gasteiger partial charge in [-0.1, -0.05) is 0 Å². The zero-order valence-electron chi connectivity index (χ0n) is 8.33. The highest BCUT2D eigenvalue weighted by molar-refractivity contribution is 5.74. The molecule has 2 nitrogen and oxygen atoms in total. The van der Waals surface area contributed by atoms with E-state index in [-0.39, 0.29) is 0 Å². The summed E-state index contributed by atoms with van der Waals surface area (Å²) in [6.07, 6.45) is 5.55. The van der Waals surface area contributed by atoms with Crippen LogP contribution in [0.4, 0.5) is 0 Å². The fourth-order valence-corrected chi connectivity index (χ4v) is 2.77. The molecule has 1 aliphatic carbocycles. The van der Waals surface area contributed by atoms with Gasteiger partial charge in [0.05, 0.1) is 5.92 Å². The lowest BCUT2D eigenvalue weighted by Gasteiger charge is -2.15. The maximum atomic E-state index is 5.83.